The van der Waals surface area contributed by atoms with E-state index in [1.807, 2.05) is 12.2 Å². The molecule has 2 bridgehead atoms. The van der Waals surface area contributed by atoms with Crippen LogP contribution in [0.1, 0.15) is 19.3 Å². The molecule has 2 saturated heterocycles. The maximum Gasteiger partial charge on any atom is 0.234 e. The molecule has 0 unspecified atom stereocenters. The maximum absolute atomic E-state index is 12.5. The van der Waals surface area contributed by atoms with Crippen LogP contribution in [-0.2, 0) is 19.4 Å². The van der Waals surface area contributed by atoms with Gasteiger partial charge in [-0.1, -0.05) is 12.2 Å². The fraction of sp³-hybridized carbons (Fsp3) is 0.692. The summed E-state index contributed by atoms with van der Waals surface area (Å²) in [6, 6.07) is 0. The van der Waals surface area contributed by atoms with Crippen molar-refractivity contribution in [3.05, 3.63) is 12.2 Å². The molecule has 6 heteroatoms. The molecule has 5 atom stereocenters. The molecule has 5 nitrogen and oxygen atoms in total. The topological polar surface area (TPSA) is 71.5 Å². The van der Waals surface area contributed by atoms with E-state index in [0.29, 0.717) is 12.8 Å². The Hall–Kier alpha value is -1.17. The van der Waals surface area contributed by atoms with Crippen molar-refractivity contribution in [2.24, 2.45) is 23.7 Å². The van der Waals surface area contributed by atoms with Crippen molar-refractivity contribution < 1.29 is 18.0 Å². The molecule has 2 aliphatic carbocycles. The molecule has 0 aromatic heterocycles. The first-order valence-corrected chi connectivity index (χ1v) is 8.49. The number of hydrogen-bond donors (Lipinski definition) is 0. The average Bonchev–Trinajstić information content (AvgIpc) is 3.06. The molecule has 4 rings (SSSR count). The second kappa shape index (κ2) is 3.48. The maximum atomic E-state index is 12.5. The lowest BCUT2D eigenvalue weighted by molar-refractivity contribution is -0.141. The Kier molecular flexibility index (Phi) is 2.13. The number of likely N-dealkylation sites (tertiary alicyclic amines) is 1. The zero-order chi connectivity index (χ0) is 13.4. The largest absolute Gasteiger partial charge is 0.274 e. The lowest BCUT2D eigenvalue weighted by Crippen LogP contribution is -2.44. The van der Waals surface area contributed by atoms with Gasteiger partial charge in [-0.25, -0.2) is 8.42 Å². The van der Waals surface area contributed by atoms with Gasteiger partial charge in [-0.05, 0) is 31.1 Å². The zero-order valence-corrected chi connectivity index (χ0v) is 11.2. The minimum absolute atomic E-state index is 0.0924. The van der Waals surface area contributed by atoms with Crippen molar-refractivity contribution >= 4 is 21.7 Å². The summed E-state index contributed by atoms with van der Waals surface area (Å²) in [5.74, 6) is -0.711. The Morgan fingerprint density at radius 1 is 1.05 bits per heavy atom. The first-order chi connectivity index (χ1) is 9.00. The van der Waals surface area contributed by atoms with Gasteiger partial charge >= 0.3 is 0 Å². The van der Waals surface area contributed by atoms with Crippen LogP contribution in [0.3, 0.4) is 0 Å². The van der Waals surface area contributed by atoms with Crippen molar-refractivity contribution in [1.29, 1.82) is 0 Å². The van der Waals surface area contributed by atoms with E-state index < -0.39 is 15.2 Å². The van der Waals surface area contributed by atoms with E-state index in [-0.39, 0.29) is 41.2 Å². The number of fused-ring (bicyclic) bond motifs is 5. The Morgan fingerprint density at radius 2 is 1.63 bits per heavy atom. The van der Waals surface area contributed by atoms with Gasteiger partial charge in [-0.2, -0.15) is 0 Å². The summed E-state index contributed by atoms with van der Waals surface area (Å²) in [5.41, 5.74) is 0. The van der Waals surface area contributed by atoms with Gasteiger partial charge in [0.2, 0.25) is 11.8 Å². The van der Waals surface area contributed by atoms with Gasteiger partial charge in [-0.3, -0.25) is 14.5 Å². The van der Waals surface area contributed by atoms with E-state index in [1.165, 1.54) is 0 Å². The number of carbonyl (C=O) groups is 2. The smallest absolute Gasteiger partial charge is 0.234 e. The van der Waals surface area contributed by atoms with Gasteiger partial charge in [0.15, 0.2) is 9.84 Å². The van der Waals surface area contributed by atoms with E-state index >= 15 is 0 Å². The van der Waals surface area contributed by atoms with Crippen molar-refractivity contribution in [1.82, 2.24) is 4.90 Å². The predicted octanol–water partition coefficient (Wildman–Crippen LogP) is 0.328. The van der Waals surface area contributed by atoms with Crippen molar-refractivity contribution in [3.8, 4) is 0 Å². The zero-order valence-electron chi connectivity index (χ0n) is 10.4. The van der Waals surface area contributed by atoms with Crippen LogP contribution in [0.2, 0.25) is 0 Å². The molecule has 0 aromatic rings. The molecule has 0 N–H and O–H groups in total. The van der Waals surface area contributed by atoms with Gasteiger partial charge in [-0.15, -0.1) is 0 Å². The number of carbonyl (C=O) groups excluding carboxylic acids is 2. The third-order valence-electron chi connectivity index (χ3n) is 5.09. The highest BCUT2D eigenvalue weighted by molar-refractivity contribution is 7.92. The molecule has 4 aliphatic rings. The summed E-state index contributed by atoms with van der Waals surface area (Å²) >= 11 is 0. The molecule has 19 heavy (non-hydrogen) atoms. The molecular formula is C13H15NO4S. The van der Waals surface area contributed by atoms with Crippen LogP contribution in [0.15, 0.2) is 12.2 Å². The molecule has 0 aromatic carbocycles. The van der Waals surface area contributed by atoms with Crippen LogP contribution < -0.4 is 0 Å². The highest BCUT2D eigenvalue weighted by Crippen LogP contribution is 2.53. The van der Waals surface area contributed by atoms with E-state index in [1.54, 1.807) is 0 Å². The lowest BCUT2D eigenvalue weighted by atomic mass is 9.85. The number of nitrogens with zero attached hydrogens (tertiary/aromatic N) is 1. The third kappa shape index (κ3) is 1.33. The van der Waals surface area contributed by atoms with Crippen LogP contribution >= 0.6 is 0 Å². The average molecular weight is 281 g/mol. The van der Waals surface area contributed by atoms with Crippen molar-refractivity contribution in [2.75, 3.05) is 5.75 Å². The van der Waals surface area contributed by atoms with Crippen molar-refractivity contribution in [2.45, 2.75) is 24.6 Å². The molecular weight excluding hydrogens is 266 g/mol. The van der Waals surface area contributed by atoms with E-state index in [9.17, 15) is 18.0 Å². The predicted molar refractivity (Wildman–Crippen MR) is 66.4 cm³/mol. The monoisotopic (exact) mass is 281 g/mol. The Bertz CT molecular complexity index is 578. The number of sulfone groups is 1. The number of amides is 2. The number of imide groups is 1. The standard InChI is InChI=1S/C13H15NO4S/c15-12-10-7-3-4-8(6-7)11(10)13(16)14(12)9-2-1-5-19(9,17)18/h3-4,7-11H,1-2,5-6H2/t7-,8-,9+,10-,11-/m0/s1. The Balaban J connectivity index is 1.73. The minimum Gasteiger partial charge on any atom is -0.274 e. The first kappa shape index (κ1) is 11.6. The van der Waals surface area contributed by atoms with Gasteiger partial charge in [0.05, 0.1) is 17.6 Å². The number of rotatable bonds is 1. The minimum atomic E-state index is -3.32. The van der Waals surface area contributed by atoms with E-state index in [2.05, 4.69) is 0 Å². The lowest BCUT2D eigenvalue weighted by Gasteiger charge is -2.23. The van der Waals surface area contributed by atoms with Gasteiger partial charge in [0.1, 0.15) is 5.37 Å². The summed E-state index contributed by atoms with van der Waals surface area (Å²) in [5, 5.41) is -0.891. The summed E-state index contributed by atoms with van der Waals surface area (Å²) in [6.07, 6.45) is 5.86. The molecule has 102 valence electrons. The molecule has 2 heterocycles. The van der Waals surface area contributed by atoms with Crippen LogP contribution in [0.5, 0.6) is 0 Å². The molecule has 0 spiro atoms. The highest BCUT2D eigenvalue weighted by Gasteiger charge is 2.61. The quantitative estimate of drug-likeness (QED) is 0.513. The molecule has 0 radical (unpaired) electrons. The number of allylic oxidation sites excluding steroid dienone is 2. The van der Waals surface area contributed by atoms with Gasteiger partial charge in [0, 0.05) is 0 Å². The summed E-state index contributed by atoms with van der Waals surface area (Å²) in [4.78, 5) is 26.0. The Labute approximate surface area is 111 Å². The van der Waals surface area contributed by atoms with Gasteiger partial charge < -0.3 is 0 Å². The van der Waals surface area contributed by atoms with E-state index in [0.717, 1.165) is 11.3 Å². The summed E-state index contributed by atoms with van der Waals surface area (Å²) in [6.45, 7) is 0. The molecule has 3 fully saturated rings. The molecule has 2 amide bonds. The second-order valence-corrected chi connectivity index (χ2v) is 8.29. The van der Waals surface area contributed by atoms with Crippen LogP contribution in [-0.4, -0.2) is 36.3 Å². The number of hydrogen-bond acceptors (Lipinski definition) is 4. The fourth-order valence-electron chi connectivity index (χ4n) is 4.27. The van der Waals surface area contributed by atoms with E-state index in [4.69, 9.17) is 0 Å². The van der Waals surface area contributed by atoms with Gasteiger partial charge in [0.25, 0.3) is 0 Å². The second-order valence-electron chi connectivity index (χ2n) is 6.01. The van der Waals surface area contributed by atoms with Crippen LogP contribution in [0.25, 0.3) is 0 Å². The van der Waals surface area contributed by atoms with Crippen molar-refractivity contribution in [3.63, 3.8) is 0 Å². The highest BCUT2D eigenvalue weighted by atomic mass is 32.2. The van der Waals surface area contributed by atoms with Crippen LogP contribution in [0, 0.1) is 23.7 Å². The molecule has 1 saturated carbocycles. The van der Waals surface area contributed by atoms with Crippen LogP contribution in [0.4, 0.5) is 0 Å². The SMILES string of the molecule is O=C1[C@@H]2[C@@H](C(=O)N1[C@H]1CCCS1(=O)=O)[C@H]1C=C[C@H]2C1. The molecule has 2 aliphatic heterocycles. The first-order valence-electron chi connectivity index (χ1n) is 6.77. The fourth-order valence-corrected chi connectivity index (χ4v) is 6.17. The third-order valence-corrected chi connectivity index (χ3v) is 7.22. The summed E-state index contributed by atoms with van der Waals surface area (Å²) in [7, 11) is -3.32. The normalized spacial score (nSPS) is 46.3. The Morgan fingerprint density at radius 3 is 2.11 bits per heavy atom. The summed E-state index contributed by atoms with van der Waals surface area (Å²) < 4.78 is 24.0.